The molecule has 0 fully saturated rings. The number of pyridine rings is 1. The van der Waals surface area contributed by atoms with Gasteiger partial charge in [0.05, 0.1) is 13.2 Å². The highest BCUT2D eigenvalue weighted by molar-refractivity contribution is 5.94. The van der Waals surface area contributed by atoms with Crippen LogP contribution < -0.4 is 5.32 Å². The van der Waals surface area contributed by atoms with Gasteiger partial charge in [0.15, 0.2) is 5.69 Å². The number of amides is 1. The number of aromatic hydroxyl groups is 1. The fourth-order valence-corrected chi connectivity index (χ4v) is 1.43. The van der Waals surface area contributed by atoms with Gasteiger partial charge in [-0.25, -0.2) is 4.98 Å². The first-order valence-electron chi connectivity index (χ1n) is 6.24. The molecule has 0 aliphatic carbocycles. The number of hydrogen-bond acceptors (Lipinski definition) is 5. The molecule has 0 radical (unpaired) electrons. The molecule has 1 aromatic rings. The maximum Gasteiger partial charge on any atom is 0.273 e. The summed E-state index contributed by atoms with van der Waals surface area (Å²) in [4.78, 5) is 15.5. The zero-order chi connectivity index (χ0) is 13.9. The summed E-state index contributed by atoms with van der Waals surface area (Å²) >= 11 is 0. The van der Waals surface area contributed by atoms with E-state index in [1.807, 2.05) is 0 Å². The van der Waals surface area contributed by atoms with Crippen molar-refractivity contribution in [1.29, 1.82) is 0 Å². The Bertz CT molecular complexity index is 385. The highest BCUT2D eigenvalue weighted by atomic mass is 16.5. The smallest absolute Gasteiger partial charge is 0.273 e. The largest absolute Gasteiger partial charge is 0.505 e. The summed E-state index contributed by atoms with van der Waals surface area (Å²) in [6, 6.07) is 3.01. The standard InChI is InChI=1S/C13H20N2O4/c1-18-9-10-19-8-3-2-6-15-13(17)12-11(16)5-4-7-14-12/h4-5,7,16H,2-3,6,8-10H2,1H3,(H,15,17). The molecule has 0 spiro atoms. The van der Waals surface area contributed by atoms with Crippen LogP contribution >= 0.6 is 0 Å². The van der Waals surface area contributed by atoms with Crippen LogP contribution in [-0.4, -0.2) is 49.5 Å². The number of hydrogen-bond donors (Lipinski definition) is 2. The van der Waals surface area contributed by atoms with Gasteiger partial charge in [-0.1, -0.05) is 0 Å². The molecule has 0 saturated carbocycles. The molecule has 0 atom stereocenters. The zero-order valence-electron chi connectivity index (χ0n) is 11.1. The number of nitrogens with one attached hydrogen (secondary N) is 1. The molecule has 1 amide bonds. The van der Waals surface area contributed by atoms with Crippen molar-refractivity contribution in [2.45, 2.75) is 12.8 Å². The van der Waals surface area contributed by atoms with E-state index in [1.165, 1.54) is 12.3 Å². The van der Waals surface area contributed by atoms with Crippen molar-refractivity contribution in [2.24, 2.45) is 0 Å². The van der Waals surface area contributed by atoms with Gasteiger partial charge in [-0.3, -0.25) is 4.79 Å². The lowest BCUT2D eigenvalue weighted by molar-refractivity contribution is 0.0686. The van der Waals surface area contributed by atoms with Crippen LogP contribution in [-0.2, 0) is 9.47 Å². The van der Waals surface area contributed by atoms with Crippen LogP contribution in [0.4, 0.5) is 0 Å². The molecule has 106 valence electrons. The molecule has 6 heteroatoms. The van der Waals surface area contributed by atoms with Gasteiger partial charge in [0.1, 0.15) is 5.75 Å². The fourth-order valence-electron chi connectivity index (χ4n) is 1.43. The van der Waals surface area contributed by atoms with E-state index in [1.54, 1.807) is 13.2 Å². The molecule has 19 heavy (non-hydrogen) atoms. The maximum absolute atomic E-state index is 11.7. The maximum atomic E-state index is 11.7. The van der Waals surface area contributed by atoms with E-state index < -0.39 is 0 Å². The molecule has 0 aliphatic rings. The van der Waals surface area contributed by atoms with E-state index in [-0.39, 0.29) is 17.4 Å². The third-order valence-corrected chi connectivity index (χ3v) is 2.43. The highest BCUT2D eigenvalue weighted by Gasteiger charge is 2.10. The van der Waals surface area contributed by atoms with E-state index in [9.17, 15) is 9.90 Å². The molecule has 1 aromatic heterocycles. The van der Waals surface area contributed by atoms with Crippen LogP contribution in [0.15, 0.2) is 18.3 Å². The van der Waals surface area contributed by atoms with Crippen molar-refractivity contribution >= 4 is 5.91 Å². The second kappa shape index (κ2) is 9.29. The lowest BCUT2D eigenvalue weighted by Gasteiger charge is -2.06. The number of unbranched alkanes of at least 4 members (excludes halogenated alkanes) is 1. The van der Waals surface area contributed by atoms with Crippen molar-refractivity contribution in [1.82, 2.24) is 10.3 Å². The summed E-state index contributed by atoms with van der Waals surface area (Å²) < 4.78 is 10.1. The zero-order valence-corrected chi connectivity index (χ0v) is 11.1. The molecule has 0 bridgehead atoms. The number of nitrogens with zero attached hydrogens (tertiary/aromatic N) is 1. The molecule has 0 aliphatic heterocycles. The topological polar surface area (TPSA) is 80.7 Å². The summed E-state index contributed by atoms with van der Waals surface area (Å²) in [5.74, 6) is -0.471. The molecule has 0 saturated heterocycles. The third kappa shape index (κ3) is 6.17. The van der Waals surface area contributed by atoms with Gasteiger partial charge >= 0.3 is 0 Å². The van der Waals surface area contributed by atoms with E-state index in [4.69, 9.17) is 9.47 Å². The van der Waals surface area contributed by atoms with Gasteiger partial charge in [0.2, 0.25) is 0 Å². The summed E-state index contributed by atoms with van der Waals surface area (Å²) in [6.45, 7) is 2.36. The second-order valence-corrected chi connectivity index (χ2v) is 3.94. The minimum Gasteiger partial charge on any atom is -0.505 e. The number of carbonyl (C=O) groups is 1. The quantitative estimate of drug-likeness (QED) is 0.652. The van der Waals surface area contributed by atoms with Gasteiger partial charge in [-0.05, 0) is 25.0 Å². The third-order valence-electron chi connectivity index (χ3n) is 2.43. The molecule has 1 rings (SSSR count). The lowest BCUT2D eigenvalue weighted by Crippen LogP contribution is -2.25. The van der Waals surface area contributed by atoms with Gasteiger partial charge < -0.3 is 19.9 Å². The Labute approximate surface area is 112 Å². The van der Waals surface area contributed by atoms with Crippen LogP contribution in [0.5, 0.6) is 5.75 Å². The van der Waals surface area contributed by atoms with E-state index >= 15 is 0 Å². The first-order valence-corrected chi connectivity index (χ1v) is 6.24. The Kier molecular flexibility index (Phi) is 7.53. The van der Waals surface area contributed by atoms with Crippen molar-refractivity contribution < 1.29 is 19.4 Å². The van der Waals surface area contributed by atoms with Gasteiger partial charge in [0, 0.05) is 26.5 Å². The minimum atomic E-state index is -0.363. The SMILES string of the molecule is COCCOCCCCNC(=O)c1ncccc1O. The number of carbonyl (C=O) groups excluding carboxylic acids is 1. The summed E-state index contributed by atoms with van der Waals surface area (Å²) in [6.07, 6.45) is 3.14. The van der Waals surface area contributed by atoms with Crippen molar-refractivity contribution in [3.8, 4) is 5.75 Å². The van der Waals surface area contributed by atoms with Crippen molar-refractivity contribution in [3.05, 3.63) is 24.0 Å². The lowest BCUT2D eigenvalue weighted by atomic mass is 10.3. The van der Waals surface area contributed by atoms with Gasteiger partial charge in [0.25, 0.3) is 5.91 Å². The Morgan fingerprint density at radius 1 is 1.37 bits per heavy atom. The van der Waals surface area contributed by atoms with E-state index in [2.05, 4.69) is 10.3 Å². The predicted molar refractivity (Wildman–Crippen MR) is 70.2 cm³/mol. The Balaban J connectivity index is 2.10. The molecular formula is C13H20N2O4. The molecule has 0 aromatic carbocycles. The van der Waals surface area contributed by atoms with Crippen LogP contribution in [0.2, 0.25) is 0 Å². The molecule has 1 heterocycles. The van der Waals surface area contributed by atoms with Gasteiger partial charge in [-0.2, -0.15) is 0 Å². The molecule has 0 unspecified atom stereocenters. The first kappa shape index (κ1) is 15.4. The first-order chi connectivity index (χ1) is 9.25. The Morgan fingerprint density at radius 3 is 2.95 bits per heavy atom. The monoisotopic (exact) mass is 268 g/mol. The number of rotatable bonds is 9. The molecule has 6 nitrogen and oxygen atoms in total. The second-order valence-electron chi connectivity index (χ2n) is 3.94. The average Bonchev–Trinajstić information content (AvgIpc) is 2.42. The van der Waals surface area contributed by atoms with Gasteiger partial charge in [-0.15, -0.1) is 0 Å². The number of aromatic nitrogens is 1. The van der Waals surface area contributed by atoms with Crippen LogP contribution in [0.1, 0.15) is 23.3 Å². The van der Waals surface area contributed by atoms with E-state index in [0.29, 0.717) is 26.4 Å². The van der Waals surface area contributed by atoms with Crippen molar-refractivity contribution in [3.63, 3.8) is 0 Å². The summed E-state index contributed by atoms with van der Waals surface area (Å²) in [5.41, 5.74) is 0.0545. The minimum absolute atomic E-state index is 0.0545. The van der Waals surface area contributed by atoms with Crippen molar-refractivity contribution in [2.75, 3.05) is 33.5 Å². The normalized spacial score (nSPS) is 10.4. The van der Waals surface area contributed by atoms with E-state index in [0.717, 1.165) is 12.8 Å². The Morgan fingerprint density at radius 2 is 2.21 bits per heavy atom. The highest BCUT2D eigenvalue weighted by Crippen LogP contribution is 2.11. The average molecular weight is 268 g/mol. The summed E-state index contributed by atoms with van der Waals surface area (Å²) in [5, 5.41) is 12.1. The predicted octanol–water partition coefficient (Wildman–Crippen LogP) is 0.960. The summed E-state index contributed by atoms with van der Waals surface area (Å²) in [7, 11) is 1.63. The van der Waals surface area contributed by atoms with Crippen LogP contribution in [0, 0.1) is 0 Å². The molecular weight excluding hydrogens is 248 g/mol. The fraction of sp³-hybridized carbons (Fsp3) is 0.538. The van der Waals surface area contributed by atoms with Crippen LogP contribution in [0.25, 0.3) is 0 Å². The number of methoxy groups -OCH3 is 1. The Hall–Kier alpha value is -1.66. The molecule has 2 N–H and O–H groups in total. The van der Waals surface area contributed by atoms with Crippen LogP contribution in [0.3, 0.4) is 0 Å². The number of ether oxygens (including phenoxy) is 2.